The minimum absolute atomic E-state index is 0.621. The lowest BCUT2D eigenvalue weighted by Gasteiger charge is -2.25. The van der Waals surface area contributed by atoms with Crippen molar-refractivity contribution in [2.45, 2.75) is 32.1 Å². The Kier molecular flexibility index (Phi) is 2.39. The highest BCUT2D eigenvalue weighted by atomic mass is 15.2. The Labute approximate surface area is 101 Å². The largest absolute Gasteiger partial charge is 0.382 e. The highest BCUT2D eigenvalue weighted by Crippen LogP contribution is 2.41. The zero-order chi connectivity index (χ0) is 11.8. The summed E-state index contributed by atoms with van der Waals surface area (Å²) in [6.45, 7) is 2.10. The Morgan fingerprint density at radius 1 is 1.35 bits per heavy atom. The van der Waals surface area contributed by atoms with E-state index in [1.165, 1.54) is 36.1 Å². The van der Waals surface area contributed by atoms with E-state index < -0.39 is 0 Å². The molecule has 0 amide bonds. The van der Waals surface area contributed by atoms with E-state index in [0.29, 0.717) is 11.7 Å². The second kappa shape index (κ2) is 3.91. The molecule has 1 aliphatic carbocycles. The monoisotopic (exact) mass is 227 g/mol. The van der Waals surface area contributed by atoms with Crippen LogP contribution >= 0.6 is 0 Å². The van der Waals surface area contributed by atoms with Crippen LogP contribution in [0.25, 0.3) is 11.1 Å². The molecule has 3 heteroatoms. The normalized spacial score (nSPS) is 15.8. The van der Waals surface area contributed by atoms with Gasteiger partial charge in [0.25, 0.3) is 0 Å². The van der Waals surface area contributed by atoms with Crippen LogP contribution < -0.4 is 5.73 Å². The molecule has 1 saturated carbocycles. The molecule has 0 radical (unpaired) electrons. The molecule has 0 unspecified atom stereocenters. The summed E-state index contributed by atoms with van der Waals surface area (Å²) in [6.07, 6.45) is 3.82. The van der Waals surface area contributed by atoms with Crippen molar-refractivity contribution in [3.8, 4) is 11.1 Å². The molecule has 0 spiro atoms. The lowest BCUT2D eigenvalue weighted by atomic mass is 9.80. The third-order valence-corrected chi connectivity index (χ3v) is 3.64. The Morgan fingerprint density at radius 2 is 2.18 bits per heavy atom. The maximum absolute atomic E-state index is 6.00. The maximum atomic E-state index is 6.00. The molecule has 88 valence electrons. The fraction of sp³-hybridized carbons (Fsp3) is 0.357. The minimum atomic E-state index is 0.621. The zero-order valence-corrected chi connectivity index (χ0v) is 10.0. The summed E-state index contributed by atoms with van der Waals surface area (Å²) in [5.74, 6) is 1.24. The van der Waals surface area contributed by atoms with Crippen molar-refractivity contribution in [2.75, 3.05) is 5.73 Å². The fourth-order valence-electron chi connectivity index (χ4n) is 2.47. The first-order chi connectivity index (χ1) is 8.25. The van der Waals surface area contributed by atoms with Crippen LogP contribution in [0.15, 0.2) is 24.3 Å². The number of hydrogen-bond donors (Lipinski definition) is 2. The fourth-order valence-corrected chi connectivity index (χ4v) is 2.47. The smallest absolute Gasteiger partial charge is 0.153 e. The van der Waals surface area contributed by atoms with Crippen molar-refractivity contribution in [1.29, 1.82) is 0 Å². The van der Waals surface area contributed by atoms with Crippen molar-refractivity contribution >= 4 is 5.82 Å². The number of aryl methyl sites for hydroxylation is 1. The van der Waals surface area contributed by atoms with E-state index in [4.69, 9.17) is 5.73 Å². The Balaban J connectivity index is 2.09. The van der Waals surface area contributed by atoms with Crippen LogP contribution in [0.2, 0.25) is 0 Å². The van der Waals surface area contributed by atoms with Gasteiger partial charge in [0.15, 0.2) is 5.82 Å². The number of nitrogen functional groups attached to an aromatic ring is 1. The summed E-state index contributed by atoms with van der Waals surface area (Å²) in [7, 11) is 0. The standard InChI is InChI=1S/C14H17N3/c1-9-4-2-7-11(8-9)12-13(10-5-3-6-10)16-17-14(12)15/h2,4,7-8,10H,3,5-6H2,1H3,(H3,15,16,17). The number of hydrogen-bond acceptors (Lipinski definition) is 2. The molecule has 1 aromatic carbocycles. The number of benzene rings is 1. The van der Waals surface area contributed by atoms with Gasteiger partial charge >= 0.3 is 0 Å². The van der Waals surface area contributed by atoms with Crippen LogP contribution in [0.1, 0.15) is 36.4 Å². The van der Waals surface area contributed by atoms with Crippen molar-refractivity contribution in [3.63, 3.8) is 0 Å². The molecule has 3 nitrogen and oxygen atoms in total. The molecular formula is C14H17N3. The number of nitrogens with zero attached hydrogens (tertiary/aromatic N) is 1. The van der Waals surface area contributed by atoms with Gasteiger partial charge in [-0.1, -0.05) is 36.2 Å². The molecule has 3 rings (SSSR count). The van der Waals surface area contributed by atoms with Crippen molar-refractivity contribution in [1.82, 2.24) is 10.2 Å². The van der Waals surface area contributed by atoms with Crippen LogP contribution in [0.3, 0.4) is 0 Å². The van der Waals surface area contributed by atoms with E-state index >= 15 is 0 Å². The van der Waals surface area contributed by atoms with Gasteiger partial charge in [0.2, 0.25) is 0 Å². The number of H-pyrrole nitrogens is 1. The maximum Gasteiger partial charge on any atom is 0.153 e. The van der Waals surface area contributed by atoms with Gasteiger partial charge in [-0.25, -0.2) is 0 Å². The summed E-state index contributed by atoms with van der Waals surface area (Å²) >= 11 is 0. The molecule has 1 heterocycles. The van der Waals surface area contributed by atoms with Crippen LogP contribution in [0.4, 0.5) is 5.82 Å². The van der Waals surface area contributed by atoms with Gasteiger partial charge in [0.05, 0.1) is 0 Å². The molecular weight excluding hydrogens is 210 g/mol. The second-order valence-electron chi connectivity index (χ2n) is 4.89. The molecule has 0 saturated heterocycles. The van der Waals surface area contributed by atoms with E-state index in [0.717, 1.165) is 5.56 Å². The summed E-state index contributed by atoms with van der Waals surface area (Å²) in [6, 6.07) is 8.45. The summed E-state index contributed by atoms with van der Waals surface area (Å²) in [5.41, 5.74) is 10.8. The van der Waals surface area contributed by atoms with E-state index in [-0.39, 0.29) is 0 Å². The average Bonchev–Trinajstić information content (AvgIpc) is 2.58. The topological polar surface area (TPSA) is 54.7 Å². The van der Waals surface area contributed by atoms with Crippen molar-refractivity contribution in [3.05, 3.63) is 35.5 Å². The molecule has 1 aliphatic rings. The van der Waals surface area contributed by atoms with Gasteiger partial charge in [-0.15, -0.1) is 0 Å². The highest BCUT2D eigenvalue weighted by molar-refractivity contribution is 5.77. The Morgan fingerprint density at radius 3 is 2.82 bits per heavy atom. The molecule has 17 heavy (non-hydrogen) atoms. The molecule has 0 aliphatic heterocycles. The number of rotatable bonds is 2. The Bertz CT molecular complexity index is 538. The summed E-state index contributed by atoms with van der Waals surface area (Å²) in [5, 5.41) is 7.30. The van der Waals surface area contributed by atoms with Gasteiger partial charge in [-0.05, 0) is 25.3 Å². The van der Waals surface area contributed by atoms with E-state index in [2.05, 4.69) is 41.4 Å². The van der Waals surface area contributed by atoms with E-state index in [9.17, 15) is 0 Å². The summed E-state index contributed by atoms with van der Waals surface area (Å²) in [4.78, 5) is 0. The third-order valence-electron chi connectivity index (χ3n) is 3.64. The average molecular weight is 227 g/mol. The van der Waals surface area contributed by atoms with E-state index in [1.54, 1.807) is 0 Å². The number of aromatic nitrogens is 2. The molecule has 1 fully saturated rings. The molecule has 0 atom stereocenters. The van der Waals surface area contributed by atoms with Gasteiger partial charge in [0.1, 0.15) is 0 Å². The van der Waals surface area contributed by atoms with Gasteiger partial charge in [-0.3, -0.25) is 5.10 Å². The second-order valence-corrected chi connectivity index (χ2v) is 4.89. The number of nitrogens with one attached hydrogen (secondary N) is 1. The molecule has 2 aromatic rings. The van der Waals surface area contributed by atoms with Crippen LogP contribution in [0.5, 0.6) is 0 Å². The SMILES string of the molecule is Cc1cccc(-c2c(N)n[nH]c2C2CCC2)c1. The Hall–Kier alpha value is -1.77. The first-order valence-corrected chi connectivity index (χ1v) is 6.16. The highest BCUT2D eigenvalue weighted by Gasteiger charge is 2.26. The number of aromatic amines is 1. The first-order valence-electron chi connectivity index (χ1n) is 6.16. The van der Waals surface area contributed by atoms with Crippen LogP contribution in [-0.2, 0) is 0 Å². The predicted octanol–water partition coefficient (Wildman–Crippen LogP) is 3.23. The van der Waals surface area contributed by atoms with Gasteiger partial charge in [-0.2, -0.15) is 5.10 Å². The summed E-state index contributed by atoms with van der Waals surface area (Å²) < 4.78 is 0. The van der Waals surface area contributed by atoms with Crippen LogP contribution in [-0.4, -0.2) is 10.2 Å². The van der Waals surface area contributed by atoms with Gasteiger partial charge < -0.3 is 5.73 Å². The lowest BCUT2D eigenvalue weighted by molar-refractivity contribution is 0.411. The molecule has 1 aromatic heterocycles. The number of anilines is 1. The first kappa shape index (κ1) is 10.4. The van der Waals surface area contributed by atoms with Crippen molar-refractivity contribution in [2.24, 2.45) is 0 Å². The third kappa shape index (κ3) is 1.71. The minimum Gasteiger partial charge on any atom is -0.382 e. The van der Waals surface area contributed by atoms with Crippen LogP contribution in [0, 0.1) is 6.92 Å². The number of nitrogens with two attached hydrogens (primary N) is 1. The van der Waals surface area contributed by atoms with E-state index in [1.807, 2.05) is 0 Å². The molecule has 0 bridgehead atoms. The lowest BCUT2D eigenvalue weighted by Crippen LogP contribution is -2.10. The van der Waals surface area contributed by atoms with Crippen molar-refractivity contribution < 1.29 is 0 Å². The quantitative estimate of drug-likeness (QED) is 0.827. The zero-order valence-electron chi connectivity index (χ0n) is 10.0. The predicted molar refractivity (Wildman–Crippen MR) is 69.8 cm³/mol. The van der Waals surface area contributed by atoms with Gasteiger partial charge in [0, 0.05) is 17.2 Å². The molecule has 3 N–H and O–H groups in total.